The first kappa shape index (κ1) is 13.8. The average Bonchev–Trinajstić information content (AvgIpc) is 2.45. The van der Waals surface area contributed by atoms with Crippen LogP contribution in [-0.2, 0) is 6.42 Å². The van der Waals surface area contributed by atoms with Gasteiger partial charge in [-0.2, -0.15) is 0 Å². The van der Waals surface area contributed by atoms with E-state index in [2.05, 4.69) is 10.4 Å². The van der Waals surface area contributed by atoms with Crippen molar-refractivity contribution in [1.29, 1.82) is 0 Å². The van der Waals surface area contributed by atoms with E-state index in [1.807, 2.05) is 30.3 Å². The van der Waals surface area contributed by atoms with Crippen LogP contribution in [0, 0.1) is 0 Å². The van der Waals surface area contributed by atoms with Gasteiger partial charge in [-0.25, -0.2) is 0 Å². The molecular weight excluding hydrogens is 262 g/mol. The predicted octanol–water partition coefficient (Wildman–Crippen LogP) is 2.49. The van der Waals surface area contributed by atoms with Crippen LogP contribution in [0.3, 0.4) is 0 Å². The Morgan fingerprint density at radius 3 is 2.89 bits per heavy atom. The molecule has 0 amide bonds. The number of pyridine rings is 1. The topological polar surface area (TPSA) is 60.2 Å². The van der Waals surface area contributed by atoms with Crippen molar-refractivity contribution < 1.29 is 4.74 Å². The number of rotatable bonds is 5. The molecule has 1 atom stereocenters. The number of halogens is 1. The summed E-state index contributed by atoms with van der Waals surface area (Å²) in [5, 5.41) is 0.719. The van der Waals surface area contributed by atoms with Crippen LogP contribution < -0.4 is 16.0 Å². The van der Waals surface area contributed by atoms with Crippen LogP contribution in [0.25, 0.3) is 0 Å². The second-order valence-corrected chi connectivity index (χ2v) is 4.65. The molecule has 5 heteroatoms. The van der Waals surface area contributed by atoms with Gasteiger partial charge in [0.1, 0.15) is 5.75 Å². The number of ether oxygens (including phenoxy) is 1. The smallest absolute Gasteiger partial charge is 0.137 e. The lowest BCUT2D eigenvalue weighted by Gasteiger charge is -2.16. The van der Waals surface area contributed by atoms with Crippen molar-refractivity contribution in [3.63, 3.8) is 0 Å². The van der Waals surface area contributed by atoms with E-state index < -0.39 is 0 Å². The maximum Gasteiger partial charge on any atom is 0.137 e. The quantitative estimate of drug-likeness (QED) is 0.651. The Balaban J connectivity index is 2.19. The Bertz CT molecular complexity index is 548. The second-order valence-electron chi connectivity index (χ2n) is 4.21. The van der Waals surface area contributed by atoms with E-state index in [0.29, 0.717) is 5.75 Å². The molecule has 1 aromatic carbocycles. The van der Waals surface area contributed by atoms with Crippen molar-refractivity contribution in [3.05, 3.63) is 58.9 Å². The number of aromatic nitrogens is 1. The number of hydrazine groups is 1. The van der Waals surface area contributed by atoms with Gasteiger partial charge in [-0.05, 0) is 35.7 Å². The number of nitrogens with two attached hydrogens (primary N) is 1. The molecule has 0 saturated heterocycles. The SMILES string of the molecule is COc1cncc(C(Cc2cccc(Cl)c2)NN)c1. The predicted molar refractivity (Wildman–Crippen MR) is 76.0 cm³/mol. The van der Waals surface area contributed by atoms with E-state index in [4.69, 9.17) is 22.2 Å². The van der Waals surface area contributed by atoms with Gasteiger partial charge in [0.15, 0.2) is 0 Å². The zero-order valence-corrected chi connectivity index (χ0v) is 11.4. The third-order valence-corrected chi connectivity index (χ3v) is 3.14. The molecule has 1 aromatic heterocycles. The van der Waals surface area contributed by atoms with Crippen molar-refractivity contribution in [3.8, 4) is 5.75 Å². The summed E-state index contributed by atoms with van der Waals surface area (Å²) < 4.78 is 5.17. The largest absolute Gasteiger partial charge is 0.495 e. The van der Waals surface area contributed by atoms with Gasteiger partial charge in [0.25, 0.3) is 0 Å². The molecule has 2 aromatic rings. The minimum atomic E-state index is -0.0407. The molecule has 2 rings (SSSR count). The van der Waals surface area contributed by atoms with Crippen LogP contribution in [-0.4, -0.2) is 12.1 Å². The molecule has 1 heterocycles. The van der Waals surface area contributed by atoms with Gasteiger partial charge in [0.05, 0.1) is 19.3 Å². The molecule has 0 bridgehead atoms. The molecule has 0 radical (unpaired) electrons. The molecule has 3 N–H and O–H groups in total. The Hall–Kier alpha value is -1.62. The lowest BCUT2D eigenvalue weighted by Crippen LogP contribution is -2.29. The number of hydrogen-bond donors (Lipinski definition) is 2. The highest BCUT2D eigenvalue weighted by Gasteiger charge is 2.12. The monoisotopic (exact) mass is 277 g/mol. The van der Waals surface area contributed by atoms with Crippen LogP contribution in [0.2, 0.25) is 5.02 Å². The van der Waals surface area contributed by atoms with Gasteiger partial charge in [-0.1, -0.05) is 23.7 Å². The Labute approximate surface area is 117 Å². The molecule has 1 unspecified atom stereocenters. The summed E-state index contributed by atoms with van der Waals surface area (Å²) in [4.78, 5) is 4.14. The minimum absolute atomic E-state index is 0.0407. The summed E-state index contributed by atoms with van der Waals surface area (Å²) in [5.74, 6) is 6.34. The van der Waals surface area contributed by atoms with E-state index in [-0.39, 0.29) is 6.04 Å². The van der Waals surface area contributed by atoms with Crippen molar-refractivity contribution >= 4 is 11.6 Å². The third-order valence-electron chi connectivity index (χ3n) is 2.90. The van der Waals surface area contributed by atoms with Gasteiger partial charge in [0.2, 0.25) is 0 Å². The fraction of sp³-hybridized carbons (Fsp3) is 0.214. The maximum absolute atomic E-state index is 5.98. The summed E-state index contributed by atoms with van der Waals surface area (Å²) in [6.45, 7) is 0. The van der Waals surface area contributed by atoms with Crippen molar-refractivity contribution in [2.24, 2.45) is 5.84 Å². The maximum atomic E-state index is 5.98. The van der Waals surface area contributed by atoms with Crippen LogP contribution in [0.4, 0.5) is 0 Å². The van der Waals surface area contributed by atoms with E-state index in [0.717, 1.165) is 22.6 Å². The van der Waals surface area contributed by atoms with Gasteiger partial charge >= 0.3 is 0 Å². The Morgan fingerprint density at radius 1 is 1.37 bits per heavy atom. The lowest BCUT2D eigenvalue weighted by molar-refractivity contribution is 0.410. The normalized spacial score (nSPS) is 12.2. The molecule has 0 aliphatic heterocycles. The molecule has 0 spiro atoms. The second kappa shape index (κ2) is 6.52. The Morgan fingerprint density at radius 2 is 2.21 bits per heavy atom. The van der Waals surface area contributed by atoms with Crippen molar-refractivity contribution in [1.82, 2.24) is 10.4 Å². The number of nitrogens with zero attached hydrogens (tertiary/aromatic N) is 1. The van der Waals surface area contributed by atoms with E-state index in [1.54, 1.807) is 19.5 Å². The molecular formula is C14H16ClN3O. The highest BCUT2D eigenvalue weighted by atomic mass is 35.5. The average molecular weight is 278 g/mol. The molecule has 0 fully saturated rings. The van der Waals surface area contributed by atoms with Crippen molar-refractivity contribution in [2.45, 2.75) is 12.5 Å². The Kier molecular flexibility index (Phi) is 4.74. The van der Waals surface area contributed by atoms with Crippen LogP contribution in [0.15, 0.2) is 42.7 Å². The van der Waals surface area contributed by atoms with Crippen LogP contribution in [0.1, 0.15) is 17.2 Å². The van der Waals surface area contributed by atoms with E-state index >= 15 is 0 Å². The number of nitrogens with one attached hydrogen (secondary N) is 1. The van der Waals surface area contributed by atoms with Gasteiger partial charge in [0, 0.05) is 11.2 Å². The molecule has 19 heavy (non-hydrogen) atoms. The summed E-state index contributed by atoms with van der Waals surface area (Å²) in [5.41, 5.74) is 4.88. The lowest BCUT2D eigenvalue weighted by atomic mass is 10.0. The zero-order valence-electron chi connectivity index (χ0n) is 10.6. The van der Waals surface area contributed by atoms with E-state index in [9.17, 15) is 0 Å². The first-order valence-electron chi connectivity index (χ1n) is 5.92. The highest BCUT2D eigenvalue weighted by molar-refractivity contribution is 6.30. The molecule has 4 nitrogen and oxygen atoms in total. The highest BCUT2D eigenvalue weighted by Crippen LogP contribution is 2.22. The molecule has 0 aliphatic rings. The number of methoxy groups -OCH3 is 1. The van der Waals surface area contributed by atoms with Crippen LogP contribution in [0.5, 0.6) is 5.75 Å². The first-order chi connectivity index (χ1) is 9.22. The van der Waals surface area contributed by atoms with E-state index in [1.165, 1.54) is 0 Å². The molecule has 0 saturated carbocycles. The summed E-state index contributed by atoms with van der Waals surface area (Å²) in [6.07, 6.45) is 4.17. The number of benzene rings is 1. The third kappa shape index (κ3) is 3.67. The standard InChI is InChI=1S/C14H16ClN3O/c1-19-13-7-11(8-17-9-13)14(18-16)6-10-3-2-4-12(15)5-10/h2-5,7-9,14,18H,6,16H2,1H3. The van der Waals surface area contributed by atoms with Crippen molar-refractivity contribution in [2.75, 3.05) is 7.11 Å². The molecule has 0 aliphatic carbocycles. The molecule has 100 valence electrons. The van der Waals surface area contributed by atoms with Gasteiger partial charge in [-0.15, -0.1) is 0 Å². The van der Waals surface area contributed by atoms with Gasteiger partial charge in [-0.3, -0.25) is 16.3 Å². The zero-order chi connectivity index (χ0) is 13.7. The fourth-order valence-electron chi connectivity index (χ4n) is 1.91. The fourth-order valence-corrected chi connectivity index (χ4v) is 2.12. The first-order valence-corrected chi connectivity index (χ1v) is 6.30. The number of hydrogen-bond acceptors (Lipinski definition) is 4. The summed E-state index contributed by atoms with van der Waals surface area (Å²) >= 11 is 5.98. The van der Waals surface area contributed by atoms with Crippen LogP contribution >= 0.6 is 11.6 Å². The van der Waals surface area contributed by atoms with Gasteiger partial charge < -0.3 is 4.74 Å². The minimum Gasteiger partial charge on any atom is -0.495 e. The summed E-state index contributed by atoms with van der Waals surface area (Å²) in [7, 11) is 1.61. The summed E-state index contributed by atoms with van der Waals surface area (Å²) in [6, 6.07) is 9.60.